The zero-order valence-electron chi connectivity index (χ0n) is 12.7. The van der Waals surface area contributed by atoms with Crippen LogP contribution in [0.2, 0.25) is 0 Å². The van der Waals surface area contributed by atoms with E-state index in [2.05, 4.69) is 52.0 Å². The molecule has 0 aromatic heterocycles. The van der Waals surface area contributed by atoms with Crippen molar-refractivity contribution in [3.63, 3.8) is 0 Å². The molecule has 0 radical (unpaired) electrons. The molecule has 102 valence electrons. The Bertz CT molecular complexity index is 322. The predicted molar refractivity (Wildman–Crippen MR) is 83.1 cm³/mol. The van der Waals surface area contributed by atoms with E-state index in [1.807, 2.05) is 0 Å². The third-order valence-corrected chi connectivity index (χ3v) is 4.23. The van der Waals surface area contributed by atoms with Gasteiger partial charge in [0.25, 0.3) is 0 Å². The van der Waals surface area contributed by atoms with Crippen LogP contribution in [-0.2, 0) is 0 Å². The van der Waals surface area contributed by atoms with Crippen molar-refractivity contribution < 1.29 is 0 Å². The molecular weight excluding hydrogens is 218 g/mol. The van der Waals surface area contributed by atoms with Crippen LogP contribution >= 0.6 is 0 Å². The van der Waals surface area contributed by atoms with Gasteiger partial charge in [0.1, 0.15) is 5.69 Å². The summed E-state index contributed by atoms with van der Waals surface area (Å²) in [5.74, 6) is 0. The molecule has 1 aromatic rings. The van der Waals surface area contributed by atoms with E-state index in [0.717, 1.165) is 4.48 Å². The molecular formula is C17H30N+. The fraction of sp³-hybridized carbons (Fsp3) is 0.647. The number of aryl methyl sites for hydroxylation is 1. The first-order chi connectivity index (χ1) is 8.68. The van der Waals surface area contributed by atoms with Gasteiger partial charge < -0.3 is 0 Å². The summed E-state index contributed by atoms with van der Waals surface area (Å²) >= 11 is 0. The van der Waals surface area contributed by atoms with Crippen LogP contribution in [0.15, 0.2) is 24.3 Å². The minimum absolute atomic E-state index is 1.14. The molecule has 0 saturated heterocycles. The summed E-state index contributed by atoms with van der Waals surface area (Å²) in [5, 5.41) is 0. The number of benzene rings is 1. The minimum atomic E-state index is 1.14. The molecule has 0 aliphatic carbocycles. The summed E-state index contributed by atoms with van der Waals surface area (Å²) in [7, 11) is 0. The molecule has 1 nitrogen and oxygen atoms in total. The van der Waals surface area contributed by atoms with E-state index in [1.165, 1.54) is 56.6 Å². The lowest BCUT2D eigenvalue weighted by molar-refractivity contribution is 0.292. The van der Waals surface area contributed by atoms with Gasteiger partial charge in [-0.3, -0.25) is 4.48 Å². The van der Waals surface area contributed by atoms with Crippen molar-refractivity contribution in [1.82, 2.24) is 4.48 Å². The lowest BCUT2D eigenvalue weighted by Gasteiger charge is -2.36. The van der Waals surface area contributed by atoms with Gasteiger partial charge in [0.2, 0.25) is 0 Å². The van der Waals surface area contributed by atoms with E-state index in [4.69, 9.17) is 0 Å². The Labute approximate surface area is 113 Å². The maximum absolute atomic E-state index is 2.32. The second-order valence-corrected chi connectivity index (χ2v) is 5.40. The molecule has 0 heterocycles. The molecule has 0 N–H and O–H groups in total. The zero-order chi connectivity index (χ0) is 13.4. The summed E-state index contributed by atoms with van der Waals surface area (Å²) in [6.07, 6.45) is 5.43. The van der Waals surface area contributed by atoms with Crippen LogP contribution in [0.4, 0.5) is 5.69 Å². The molecule has 1 rings (SSSR count). The molecule has 18 heavy (non-hydrogen) atoms. The van der Waals surface area contributed by atoms with E-state index in [9.17, 15) is 0 Å². The fourth-order valence-electron chi connectivity index (χ4n) is 2.74. The summed E-state index contributed by atoms with van der Waals surface area (Å²) in [4.78, 5) is 0. The Morgan fingerprint density at radius 2 is 1.44 bits per heavy atom. The topological polar surface area (TPSA) is 0 Å². The van der Waals surface area contributed by atoms with Crippen molar-refractivity contribution in [2.24, 2.45) is 0 Å². The van der Waals surface area contributed by atoms with Crippen LogP contribution in [-0.4, -0.2) is 19.6 Å². The number of unbranched alkanes of at least 4 members (excludes halogenated alkanes) is 3. The Balaban J connectivity index is 2.75. The van der Waals surface area contributed by atoms with E-state index >= 15 is 0 Å². The first kappa shape index (κ1) is 15.2. The van der Waals surface area contributed by atoms with Crippen molar-refractivity contribution in [3.05, 3.63) is 29.8 Å². The van der Waals surface area contributed by atoms with Crippen LogP contribution in [0.3, 0.4) is 0 Å². The Morgan fingerprint density at radius 1 is 0.833 bits per heavy atom. The van der Waals surface area contributed by atoms with Crippen molar-refractivity contribution in [1.29, 1.82) is 0 Å². The lowest BCUT2D eigenvalue weighted by Crippen LogP contribution is -2.49. The zero-order valence-corrected chi connectivity index (χ0v) is 12.7. The Morgan fingerprint density at radius 3 is 1.94 bits per heavy atom. The van der Waals surface area contributed by atoms with Crippen molar-refractivity contribution in [2.45, 2.75) is 53.4 Å². The molecule has 0 bridgehead atoms. The number of rotatable bonds is 8. The summed E-state index contributed by atoms with van der Waals surface area (Å²) in [6, 6.07) is 9.14. The first-order valence-corrected chi connectivity index (χ1v) is 7.61. The number of hydrogen-bond acceptors (Lipinski definition) is 0. The maximum Gasteiger partial charge on any atom is 0.132 e. The molecule has 0 aliphatic heterocycles. The SMILES string of the molecule is CCCCCC[N+](CC)(CC)c1ccc(C)cc1. The van der Waals surface area contributed by atoms with Crippen molar-refractivity contribution >= 4 is 5.69 Å². The third-order valence-electron chi connectivity index (χ3n) is 4.23. The first-order valence-electron chi connectivity index (χ1n) is 7.61. The van der Waals surface area contributed by atoms with Crippen LogP contribution in [0.25, 0.3) is 0 Å². The van der Waals surface area contributed by atoms with E-state index in [1.54, 1.807) is 0 Å². The molecule has 0 saturated carbocycles. The molecule has 1 aromatic carbocycles. The Hall–Kier alpha value is -0.820. The van der Waals surface area contributed by atoms with Gasteiger partial charge in [0.05, 0.1) is 19.6 Å². The quantitative estimate of drug-likeness (QED) is 0.452. The van der Waals surface area contributed by atoms with Gasteiger partial charge in [0.15, 0.2) is 0 Å². The molecule has 0 unspecified atom stereocenters. The largest absolute Gasteiger partial charge is 0.292 e. The highest BCUT2D eigenvalue weighted by Crippen LogP contribution is 2.24. The van der Waals surface area contributed by atoms with Crippen molar-refractivity contribution in [2.75, 3.05) is 19.6 Å². The average molecular weight is 248 g/mol. The number of hydrogen-bond donors (Lipinski definition) is 0. The van der Waals surface area contributed by atoms with E-state index in [0.29, 0.717) is 0 Å². The molecule has 1 heteroatoms. The van der Waals surface area contributed by atoms with Gasteiger partial charge >= 0.3 is 0 Å². The molecule has 0 atom stereocenters. The molecule has 0 spiro atoms. The Kier molecular flexibility index (Phi) is 6.42. The second kappa shape index (κ2) is 7.58. The maximum atomic E-state index is 2.32. The highest BCUT2D eigenvalue weighted by molar-refractivity contribution is 5.44. The van der Waals surface area contributed by atoms with Gasteiger partial charge in [-0.25, -0.2) is 0 Å². The molecule has 0 amide bonds. The standard InChI is InChI=1S/C17H30N/c1-5-8-9-10-15-18(6-2,7-3)17-13-11-16(4)12-14-17/h11-14H,5-10,15H2,1-4H3/q+1. The van der Waals surface area contributed by atoms with Crippen LogP contribution in [0, 0.1) is 6.92 Å². The smallest absolute Gasteiger partial charge is 0.132 e. The molecule has 0 fully saturated rings. The van der Waals surface area contributed by atoms with E-state index in [-0.39, 0.29) is 0 Å². The highest BCUT2D eigenvalue weighted by atomic mass is 15.3. The van der Waals surface area contributed by atoms with Crippen LogP contribution in [0.5, 0.6) is 0 Å². The summed E-state index contributed by atoms with van der Waals surface area (Å²) in [6.45, 7) is 12.8. The number of quaternary nitrogens is 1. The van der Waals surface area contributed by atoms with Gasteiger partial charge in [0, 0.05) is 0 Å². The van der Waals surface area contributed by atoms with Crippen molar-refractivity contribution in [3.8, 4) is 0 Å². The summed E-state index contributed by atoms with van der Waals surface area (Å²) in [5.41, 5.74) is 2.84. The fourth-order valence-corrected chi connectivity index (χ4v) is 2.74. The third kappa shape index (κ3) is 3.84. The normalized spacial score (nSPS) is 11.8. The summed E-state index contributed by atoms with van der Waals surface area (Å²) < 4.78 is 1.14. The highest BCUT2D eigenvalue weighted by Gasteiger charge is 2.25. The predicted octanol–water partition coefficient (Wildman–Crippen LogP) is 4.92. The van der Waals surface area contributed by atoms with Crippen LogP contribution in [0.1, 0.15) is 52.0 Å². The van der Waals surface area contributed by atoms with E-state index < -0.39 is 0 Å². The lowest BCUT2D eigenvalue weighted by atomic mass is 10.1. The molecule has 0 aliphatic rings. The van der Waals surface area contributed by atoms with Gasteiger partial charge in [-0.2, -0.15) is 0 Å². The van der Waals surface area contributed by atoms with Gasteiger partial charge in [-0.05, 0) is 45.7 Å². The second-order valence-electron chi connectivity index (χ2n) is 5.40. The number of nitrogens with zero attached hydrogens (tertiary/aromatic N) is 1. The average Bonchev–Trinajstić information content (AvgIpc) is 2.41. The minimum Gasteiger partial charge on any atom is -0.292 e. The van der Waals surface area contributed by atoms with Gasteiger partial charge in [-0.1, -0.05) is 37.5 Å². The monoisotopic (exact) mass is 248 g/mol. The van der Waals surface area contributed by atoms with Gasteiger partial charge in [-0.15, -0.1) is 0 Å². The van der Waals surface area contributed by atoms with Crippen LogP contribution < -0.4 is 4.48 Å².